The Morgan fingerprint density at radius 2 is 1.79 bits per heavy atom. The van der Waals surface area contributed by atoms with Crippen LogP contribution in [0.2, 0.25) is 0 Å². The fourth-order valence-electron chi connectivity index (χ4n) is 5.02. The predicted molar refractivity (Wildman–Crippen MR) is 157 cm³/mol. The average Bonchev–Trinajstić information content (AvgIpc) is 3.25. The van der Waals surface area contributed by atoms with E-state index in [-0.39, 0.29) is 29.2 Å². The largest absolute Gasteiger partial charge is 0.507 e. The van der Waals surface area contributed by atoms with Crippen molar-refractivity contribution < 1.29 is 37.3 Å². The van der Waals surface area contributed by atoms with Crippen LogP contribution in [0.25, 0.3) is 5.76 Å². The van der Waals surface area contributed by atoms with Crippen LogP contribution in [0.3, 0.4) is 0 Å². The lowest BCUT2D eigenvalue weighted by molar-refractivity contribution is -0.140. The minimum atomic E-state index is -3.70. The van der Waals surface area contributed by atoms with Crippen molar-refractivity contribution in [1.82, 2.24) is 14.1 Å². The van der Waals surface area contributed by atoms with Crippen molar-refractivity contribution >= 4 is 27.5 Å². The van der Waals surface area contributed by atoms with Crippen LogP contribution in [0.5, 0.6) is 11.5 Å². The van der Waals surface area contributed by atoms with Crippen LogP contribution in [-0.4, -0.2) is 107 Å². The molecule has 1 amide bonds. The van der Waals surface area contributed by atoms with E-state index in [0.717, 1.165) is 23.9 Å². The summed E-state index contributed by atoms with van der Waals surface area (Å²) in [5, 5.41) is 11.4. The smallest absolute Gasteiger partial charge is 0.295 e. The van der Waals surface area contributed by atoms with Gasteiger partial charge in [-0.1, -0.05) is 18.7 Å². The number of amides is 1. The van der Waals surface area contributed by atoms with Gasteiger partial charge >= 0.3 is 0 Å². The van der Waals surface area contributed by atoms with E-state index >= 15 is 0 Å². The molecule has 0 spiro atoms. The molecule has 1 atom stereocenters. The maximum absolute atomic E-state index is 13.5. The summed E-state index contributed by atoms with van der Waals surface area (Å²) in [6.07, 6.45) is 2.21. The van der Waals surface area contributed by atoms with Gasteiger partial charge in [-0.2, -0.15) is 0 Å². The SMILES string of the molecule is C=CCOc1ccc(C2/C(=C(\O)c3ccc(S(=O)(=O)N(C)C)cc3)C(=O)C(=O)N2CCCN2CCOCC2)cc1OC. The first kappa shape index (κ1) is 31.2. The van der Waals surface area contributed by atoms with Gasteiger partial charge in [0.05, 0.1) is 36.8 Å². The quantitative estimate of drug-likeness (QED) is 0.170. The fourth-order valence-corrected chi connectivity index (χ4v) is 5.92. The number of nitrogens with zero attached hydrogens (tertiary/aromatic N) is 3. The van der Waals surface area contributed by atoms with Gasteiger partial charge in [0.25, 0.3) is 11.7 Å². The molecule has 2 saturated heterocycles. The summed E-state index contributed by atoms with van der Waals surface area (Å²) in [4.78, 5) is 30.6. The number of benzene rings is 2. The normalized spacial score (nSPS) is 19.3. The zero-order valence-corrected chi connectivity index (χ0v) is 24.9. The number of ketones is 1. The number of sulfonamides is 1. The number of carbonyl (C=O) groups is 2. The highest BCUT2D eigenvalue weighted by atomic mass is 32.2. The van der Waals surface area contributed by atoms with E-state index in [0.29, 0.717) is 36.7 Å². The highest BCUT2D eigenvalue weighted by molar-refractivity contribution is 7.89. The standard InChI is InChI=1S/C30H37N3O8S/c1-5-17-41-24-12-9-22(20-25(24)39-4)27-26(28(34)21-7-10-23(11-8-21)42(37,38)31(2)3)29(35)30(36)33(27)14-6-13-32-15-18-40-19-16-32/h5,7-12,20,27,34H,1,6,13-19H2,2-4H3/b28-26+. The third kappa shape index (κ3) is 6.51. The number of hydrogen-bond acceptors (Lipinski definition) is 9. The first-order valence-corrected chi connectivity index (χ1v) is 15.1. The topological polar surface area (TPSA) is 126 Å². The van der Waals surface area contributed by atoms with E-state index in [1.165, 1.54) is 50.4 Å². The number of ether oxygens (including phenoxy) is 3. The van der Waals surface area contributed by atoms with Gasteiger partial charge in [-0.05, 0) is 48.4 Å². The minimum Gasteiger partial charge on any atom is -0.507 e. The Hall–Kier alpha value is -3.71. The number of rotatable bonds is 12. The molecule has 2 aromatic carbocycles. The van der Waals surface area contributed by atoms with E-state index in [1.54, 1.807) is 24.3 Å². The number of carbonyl (C=O) groups excluding carboxylic acids is 2. The average molecular weight is 600 g/mol. The Labute approximate surface area is 246 Å². The number of aliphatic hydroxyl groups excluding tert-OH is 1. The van der Waals surface area contributed by atoms with Crippen LogP contribution in [0.4, 0.5) is 0 Å². The number of likely N-dealkylation sites (tertiary alicyclic amines) is 1. The molecular formula is C30H37N3O8S. The van der Waals surface area contributed by atoms with Gasteiger partial charge in [0, 0.05) is 45.8 Å². The molecule has 42 heavy (non-hydrogen) atoms. The molecule has 2 aromatic rings. The Morgan fingerprint density at radius 3 is 2.40 bits per heavy atom. The second kappa shape index (κ2) is 13.5. The number of aliphatic hydroxyl groups is 1. The first-order chi connectivity index (χ1) is 20.1. The van der Waals surface area contributed by atoms with E-state index in [1.807, 2.05) is 0 Å². The fraction of sp³-hybridized carbons (Fsp3) is 0.400. The van der Waals surface area contributed by atoms with Gasteiger partial charge in [-0.3, -0.25) is 14.5 Å². The molecule has 2 heterocycles. The van der Waals surface area contributed by atoms with Crippen LogP contribution < -0.4 is 9.47 Å². The molecule has 0 radical (unpaired) electrons. The highest BCUT2D eigenvalue weighted by Crippen LogP contribution is 2.42. The van der Waals surface area contributed by atoms with E-state index in [2.05, 4.69) is 11.5 Å². The van der Waals surface area contributed by atoms with Crippen LogP contribution in [0.1, 0.15) is 23.6 Å². The Bertz CT molecular complexity index is 1450. The Kier molecular flexibility index (Phi) is 10.0. The number of morpholine rings is 1. The van der Waals surface area contributed by atoms with E-state index in [9.17, 15) is 23.1 Å². The van der Waals surface area contributed by atoms with Crippen molar-refractivity contribution in [2.24, 2.45) is 0 Å². The Balaban J connectivity index is 1.74. The first-order valence-electron chi connectivity index (χ1n) is 13.6. The van der Waals surface area contributed by atoms with Crippen LogP contribution in [0, 0.1) is 0 Å². The molecule has 2 fully saturated rings. The zero-order valence-electron chi connectivity index (χ0n) is 24.1. The van der Waals surface area contributed by atoms with Gasteiger partial charge < -0.3 is 24.2 Å². The van der Waals surface area contributed by atoms with Crippen molar-refractivity contribution in [3.8, 4) is 11.5 Å². The summed E-state index contributed by atoms with van der Waals surface area (Å²) >= 11 is 0. The van der Waals surface area contributed by atoms with Crippen LogP contribution in [-0.2, 0) is 24.3 Å². The van der Waals surface area contributed by atoms with Gasteiger partial charge in [-0.25, -0.2) is 12.7 Å². The lowest BCUT2D eigenvalue weighted by Gasteiger charge is -2.29. The number of hydrogen-bond donors (Lipinski definition) is 1. The van der Waals surface area contributed by atoms with Crippen LogP contribution >= 0.6 is 0 Å². The summed E-state index contributed by atoms with van der Waals surface area (Å²) in [6, 6.07) is 9.74. The second-order valence-corrected chi connectivity index (χ2v) is 12.3. The summed E-state index contributed by atoms with van der Waals surface area (Å²) in [5.41, 5.74) is 0.676. The molecule has 12 heteroatoms. The maximum atomic E-state index is 13.5. The molecule has 11 nitrogen and oxygen atoms in total. The van der Waals surface area contributed by atoms with E-state index < -0.39 is 33.5 Å². The molecule has 1 N–H and O–H groups in total. The van der Waals surface area contributed by atoms with Crippen molar-refractivity contribution in [2.75, 3.05) is 67.2 Å². The van der Waals surface area contributed by atoms with Crippen molar-refractivity contribution in [1.29, 1.82) is 0 Å². The Morgan fingerprint density at radius 1 is 1.10 bits per heavy atom. The highest BCUT2D eigenvalue weighted by Gasteiger charge is 2.46. The maximum Gasteiger partial charge on any atom is 0.295 e. The summed E-state index contributed by atoms with van der Waals surface area (Å²) in [5.74, 6) is -1.08. The third-order valence-corrected chi connectivity index (χ3v) is 9.11. The molecule has 4 rings (SSSR count). The molecule has 0 saturated carbocycles. The third-order valence-electron chi connectivity index (χ3n) is 7.28. The lowest BCUT2D eigenvalue weighted by atomic mass is 9.95. The molecule has 0 bridgehead atoms. The van der Waals surface area contributed by atoms with Gasteiger partial charge in [-0.15, -0.1) is 0 Å². The van der Waals surface area contributed by atoms with E-state index in [4.69, 9.17) is 14.2 Å². The molecule has 0 aromatic heterocycles. The molecule has 2 aliphatic rings. The molecular weight excluding hydrogens is 562 g/mol. The van der Waals surface area contributed by atoms with Crippen molar-refractivity contribution in [3.05, 3.63) is 71.8 Å². The summed E-state index contributed by atoms with van der Waals surface area (Å²) in [6.45, 7) is 7.81. The second-order valence-electron chi connectivity index (χ2n) is 10.1. The lowest BCUT2D eigenvalue weighted by Crippen LogP contribution is -2.39. The van der Waals surface area contributed by atoms with Crippen molar-refractivity contribution in [2.45, 2.75) is 17.4 Å². The van der Waals surface area contributed by atoms with Gasteiger partial charge in [0.2, 0.25) is 10.0 Å². The number of methoxy groups -OCH3 is 1. The molecule has 1 unspecified atom stereocenters. The monoisotopic (exact) mass is 599 g/mol. The summed E-state index contributed by atoms with van der Waals surface area (Å²) < 4.78 is 42.7. The van der Waals surface area contributed by atoms with Crippen LogP contribution in [0.15, 0.2) is 65.6 Å². The number of Topliss-reactive ketones (excluding diaryl/α,β-unsaturated/α-hetero) is 1. The van der Waals surface area contributed by atoms with Gasteiger partial charge in [0.1, 0.15) is 12.4 Å². The van der Waals surface area contributed by atoms with Crippen molar-refractivity contribution in [3.63, 3.8) is 0 Å². The predicted octanol–water partition coefficient (Wildman–Crippen LogP) is 2.65. The summed E-state index contributed by atoms with van der Waals surface area (Å²) in [7, 11) is 0.637. The zero-order chi connectivity index (χ0) is 30.4. The van der Waals surface area contributed by atoms with Gasteiger partial charge in [0.15, 0.2) is 11.5 Å². The minimum absolute atomic E-state index is 0.0315. The molecule has 226 valence electrons. The molecule has 2 aliphatic heterocycles. The molecule has 0 aliphatic carbocycles.